The quantitative estimate of drug-likeness (QED) is 0.942. The van der Waals surface area contributed by atoms with E-state index in [2.05, 4.69) is 22.4 Å². The monoisotopic (exact) mass is 316 g/mol. The third-order valence-corrected chi connectivity index (χ3v) is 5.17. The average molecular weight is 316 g/mol. The summed E-state index contributed by atoms with van der Waals surface area (Å²) in [5.41, 5.74) is 0.839. The van der Waals surface area contributed by atoms with Gasteiger partial charge in [-0.2, -0.15) is 0 Å². The van der Waals surface area contributed by atoms with E-state index < -0.39 is 0 Å². The lowest BCUT2D eigenvalue weighted by Gasteiger charge is -2.30. The number of rotatable bonds is 3. The molecule has 1 aliphatic heterocycles. The molecule has 5 nitrogen and oxygen atoms in total. The van der Waals surface area contributed by atoms with E-state index in [0.29, 0.717) is 5.92 Å². The topological polar surface area (TPSA) is 58.1 Å². The summed E-state index contributed by atoms with van der Waals surface area (Å²) in [6.45, 7) is 3.63. The van der Waals surface area contributed by atoms with Gasteiger partial charge in [-0.1, -0.05) is 25.1 Å². The van der Waals surface area contributed by atoms with Crippen molar-refractivity contribution in [3.05, 3.63) is 40.3 Å². The number of hydrogen-bond donors (Lipinski definition) is 1. The van der Waals surface area contributed by atoms with Crippen LogP contribution in [0.2, 0.25) is 0 Å². The van der Waals surface area contributed by atoms with E-state index in [0.717, 1.165) is 48.1 Å². The Labute approximate surface area is 134 Å². The van der Waals surface area contributed by atoms with Crippen LogP contribution in [0.25, 0.3) is 0 Å². The van der Waals surface area contributed by atoms with Crippen molar-refractivity contribution in [2.75, 3.05) is 18.4 Å². The number of benzene rings is 1. The van der Waals surface area contributed by atoms with Crippen LogP contribution >= 0.6 is 11.3 Å². The Morgan fingerprint density at radius 1 is 1.27 bits per heavy atom. The molecule has 0 radical (unpaired) electrons. The molecule has 0 spiro atoms. The van der Waals surface area contributed by atoms with Crippen molar-refractivity contribution < 1.29 is 4.79 Å². The van der Waals surface area contributed by atoms with Crippen molar-refractivity contribution >= 4 is 23.1 Å². The molecule has 0 saturated carbocycles. The lowest BCUT2D eigenvalue weighted by Crippen LogP contribution is -2.40. The molecular formula is C16H20N4OS. The first-order valence-corrected chi connectivity index (χ1v) is 8.51. The van der Waals surface area contributed by atoms with E-state index in [9.17, 15) is 4.79 Å². The number of carbonyl (C=O) groups excluding carboxylic acids is 1. The zero-order valence-corrected chi connectivity index (χ0v) is 13.5. The van der Waals surface area contributed by atoms with Gasteiger partial charge in [0.2, 0.25) is 0 Å². The molecule has 1 aromatic heterocycles. The number of nitrogens with zero attached hydrogens (tertiary/aromatic N) is 3. The maximum absolute atomic E-state index is 12.3. The van der Waals surface area contributed by atoms with Crippen molar-refractivity contribution in [1.29, 1.82) is 0 Å². The summed E-state index contributed by atoms with van der Waals surface area (Å²) in [7, 11) is 0. The van der Waals surface area contributed by atoms with Gasteiger partial charge in [0.15, 0.2) is 0 Å². The molecule has 1 aromatic carbocycles. The smallest absolute Gasteiger partial charge is 0.321 e. The van der Waals surface area contributed by atoms with E-state index in [1.807, 2.05) is 35.2 Å². The van der Waals surface area contributed by atoms with Gasteiger partial charge in [0.25, 0.3) is 0 Å². The first-order chi connectivity index (χ1) is 10.8. The molecule has 1 N–H and O–H groups in total. The Morgan fingerprint density at radius 2 is 2.00 bits per heavy atom. The molecule has 2 aromatic rings. The van der Waals surface area contributed by atoms with E-state index in [1.54, 1.807) is 11.3 Å². The van der Waals surface area contributed by atoms with Crippen LogP contribution < -0.4 is 5.32 Å². The Kier molecular flexibility index (Phi) is 4.68. The lowest BCUT2D eigenvalue weighted by atomic mass is 9.98. The minimum Gasteiger partial charge on any atom is -0.324 e. The van der Waals surface area contributed by atoms with E-state index in [-0.39, 0.29) is 6.03 Å². The molecule has 116 valence electrons. The van der Waals surface area contributed by atoms with Crippen molar-refractivity contribution in [3.8, 4) is 0 Å². The number of aromatic nitrogens is 2. The zero-order chi connectivity index (χ0) is 15.4. The van der Waals surface area contributed by atoms with Crippen LogP contribution in [0.15, 0.2) is 30.3 Å². The predicted molar refractivity (Wildman–Crippen MR) is 88.3 cm³/mol. The standard InChI is InChI=1S/C16H20N4OS/c1-2-14-18-19-15(22-14)12-8-10-20(11-9-12)16(21)17-13-6-4-3-5-7-13/h3-7,12H,2,8-11H2,1H3,(H,17,21). The summed E-state index contributed by atoms with van der Waals surface area (Å²) in [5.74, 6) is 0.443. The second kappa shape index (κ2) is 6.87. The van der Waals surface area contributed by atoms with Gasteiger partial charge in [-0.05, 0) is 31.4 Å². The van der Waals surface area contributed by atoms with E-state index >= 15 is 0 Å². The second-order valence-electron chi connectivity index (χ2n) is 5.45. The van der Waals surface area contributed by atoms with Crippen LogP contribution in [0.4, 0.5) is 10.5 Å². The summed E-state index contributed by atoms with van der Waals surface area (Å²) < 4.78 is 0. The molecular weight excluding hydrogens is 296 g/mol. The maximum atomic E-state index is 12.3. The molecule has 0 atom stereocenters. The Balaban J connectivity index is 1.54. The fourth-order valence-electron chi connectivity index (χ4n) is 2.63. The molecule has 2 amide bonds. The van der Waals surface area contributed by atoms with Crippen LogP contribution in [-0.4, -0.2) is 34.2 Å². The number of carbonyl (C=O) groups is 1. The first kappa shape index (κ1) is 15.0. The van der Waals surface area contributed by atoms with Crippen LogP contribution in [0.5, 0.6) is 0 Å². The van der Waals surface area contributed by atoms with Gasteiger partial charge < -0.3 is 10.2 Å². The number of piperidine rings is 1. The van der Waals surface area contributed by atoms with Crippen LogP contribution in [0, 0.1) is 0 Å². The number of aryl methyl sites for hydroxylation is 1. The normalized spacial score (nSPS) is 15.8. The largest absolute Gasteiger partial charge is 0.324 e. The molecule has 0 unspecified atom stereocenters. The molecule has 1 saturated heterocycles. The van der Waals surface area contributed by atoms with Crippen LogP contribution in [0.1, 0.15) is 35.7 Å². The summed E-state index contributed by atoms with van der Waals surface area (Å²) >= 11 is 1.71. The number of para-hydroxylation sites is 1. The SMILES string of the molecule is CCc1nnc(C2CCN(C(=O)Nc3ccccc3)CC2)s1. The molecule has 0 bridgehead atoms. The third-order valence-electron chi connectivity index (χ3n) is 3.94. The van der Waals surface area contributed by atoms with Crippen molar-refractivity contribution in [2.45, 2.75) is 32.1 Å². The number of urea groups is 1. The van der Waals surface area contributed by atoms with Gasteiger partial charge in [-0.3, -0.25) is 0 Å². The average Bonchev–Trinajstić information content (AvgIpc) is 3.05. The van der Waals surface area contributed by atoms with E-state index in [1.165, 1.54) is 0 Å². The Hall–Kier alpha value is -1.95. The highest BCUT2D eigenvalue weighted by Gasteiger charge is 2.26. The van der Waals surface area contributed by atoms with Gasteiger partial charge in [0.05, 0.1) is 0 Å². The fourth-order valence-corrected chi connectivity index (χ4v) is 3.58. The number of anilines is 1. The highest BCUT2D eigenvalue weighted by molar-refractivity contribution is 7.11. The number of likely N-dealkylation sites (tertiary alicyclic amines) is 1. The molecule has 2 heterocycles. The fraction of sp³-hybridized carbons (Fsp3) is 0.438. The van der Waals surface area contributed by atoms with E-state index in [4.69, 9.17) is 0 Å². The zero-order valence-electron chi connectivity index (χ0n) is 12.7. The highest BCUT2D eigenvalue weighted by Crippen LogP contribution is 2.30. The molecule has 0 aliphatic carbocycles. The number of nitrogens with one attached hydrogen (secondary N) is 1. The molecule has 6 heteroatoms. The summed E-state index contributed by atoms with van der Waals surface area (Å²) in [6.07, 6.45) is 2.86. The minimum atomic E-state index is -0.0174. The Bertz CT molecular complexity index is 620. The summed E-state index contributed by atoms with van der Waals surface area (Å²) in [5, 5.41) is 13.7. The first-order valence-electron chi connectivity index (χ1n) is 7.69. The minimum absolute atomic E-state index is 0.0174. The van der Waals surface area contributed by atoms with Gasteiger partial charge in [-0.25, -0.2) is 4.79 Å². The third kappa shape index (κ3) is 3.44. The van der Waals surface area contributed by atoms with Gasteiger partial charge >= 0.3 is 6.03 Å². The molecule has 22 heavy (non-hydrogen) atoms. The lowest BCUT2D eigenvalue weighted by molar-refractivity contribution is 0.194. The van der Waals surface area contributed by atoms with Gasteiger partial charge in [0.1, 0.15) is 10.0 Å². The highest BCUT2D eigenvalue weighted by atomic mass is 32.1. The number of hydrogen-bond acceptors (Lipinski definition) is 4. The van der Waals surface area contributed by atoms with Crippen molar-refractivity contribution in [2.24, 2.45) is 0 Å². The molecule has 3 rings (SSSR count). The number of amides is 2. The van der Waals surface area contributed by atoms with Crippen molar-refractivity contribution in [3.63, 3.8) is 0 Å². The summed E-state index contributed by atoms with van der Waals surface area (Å²) in [6, 6.07) is 9.56. The molecule has 1 aliphatic rings. The molecule has 1 fully saturated rings. The van der Waals surface area contributed by atoms with Crippen molar-refractivity contribution in [1.82, 2.24) is 15.1 Å². The van der Waals surface area contributed by atoms with Gasteiger partial charge in [0, 0.05) is 24.7 Å². The summed E-state index contributed by atoms with van der Waals surface area (Å²) in [4.78, 5) is 14.1. The second-order valence-corrected chi connectivity index (χ2v) is 6.54. The van der Waals surface area contributed by atoms with Gasteiger partial charge in [-0.15, -0.1) is 21.5 Å². The Morgan fingerprint density at radius 3 is 2.64 bits per heavy atom. The van der Waals surface area contributed by atoms with Crippen LogP contribution in [0.3, 0.4) is 0 Å². The predicted octanol–water partition coefficient (Wildman–Crippen LogP) is 3.51. The van der Waals surface area contributed by atoms with Crippen LogP contribution in [-0.2, 0) is 6.42 Å². The maximum Gasteiger partial charge on any atom is 0.321 e.